The molecule has 3 nitrogen and oxygen atoms in total. The van der Waals surface area contributed by atoms with Crippen molar-refractivity contribution < 1.29 is 0 Å². The van der Waals surface area contributed by atoms with E-state index in [1.165, 1.54) is 10.6 Å². The molecule has 0 saturated carbocycles. The van der Waals surface area contributed by atoms with Crippen LogP contribution in [-0.2, 0) is 0 Å². The van der Waals surface area contributed by atoms with Crippen LogP contribution in [0.4, 0.5) is 11.4 Å². The number of benzene rings is 1. The number of nitrogen functional groups attached to an aromatic ring is 1. The maximum Gasteiger partial charge on any atom is 0.0503 e. The van der Waals surface area contributed by atoms with E-state index >= 15 is 0 Å². The Balaban J connectivity index is 2.77. The summed E-state index contributed by atoms with van der Waals surface area (Å²) in [7, 11) is 6.30. The number of nitrogens with zero attached hydrogens (tertiary/aromatic N) is 2. The Morgan fingerprint density at radius 3 is 2.44 bits per heavy atom. The fraction of sp³-hybridized carbons (Fsp3) is 0.500. The lowest BCUT2D eigenvalue weighted by atomic mass is 10.2. The van der Waals surface area contributed by atoms with Crippen LogP contribution in [0.1, 0.15) is 0 Å². The van der Waals surface area contributed by atoms with Crippen molar-refractivity contribution in [3.8, 4) is 0 Å². The Morgan fingerprint density at radius 2 is 1.88 bits per heavy atom. The van der Waals surface area contributed by atoms with Gasteiger partial charge in [0.2, 0.25) is 0 Å². The van der Waals surface area contributed by atoms with Crippen molar-refractivity contribution in [2.75, 3.05) is 51.1 Å². The summed E-state index contributed by atoms with van der Waals surface area (Å²) in [6.45, 7) is 2.07. The minimum atomic E-state index is 0.828. The lowest BCUT2D eigenvalue weighted by Gasteiger charge is -2.23. The molecule has 0 amide bonds. The van der Waals surface area contributed by atoms with Crippen molar-refractivity contribution in [2.45, 2.75) is 4.90 Å². The van der Waals surface area contributed by atoms with Crippen LogP contribution in [0.3, 0.4) is 0 Å². The van der Waals surface area contributed by atoms with E-state index < -0.39 is 0 Å². The molecule has 0 bridgehead atoms. The van der Waals surface area contributed by atoms with Crippen molar-refractivity contribution in [3.05, 3.63) is 18.2 Å². The van der Waals surface area contributed by atoms with Crippen LogP contribution in [0.25, 0.3) is 0 Å². The molecule has 0 saturated heterocycles. The zero-order valence-electron chi connectivity index (χ0n) is 10.5. The van der Waals surface area contributed by atoms with E-state index in [1.807, 2.05) is 12.1 Å². The first-order valence-electron chi connectivity index (χ1n) is 5.34. The topological polar surface area (TPSA) is 32.5 Å². The minimum absolute atomic E-state index is 0.828. The summed E-state index contributed by atoms with van der Waals surface area (Å²) >= 11 is 1.74. The second kappa shape index (κ2) is 6.01. The summed E-state index contributed by atoms with van der Waals surface area (Å²) in [4.78, 5) is 5.69. The highest BCUT2D eigenvalue weighted by Gasteiger charge is 2.07. The monoisotopic (exact) mass is 239 g/mol. The predicted octanol–water partition coefficient (Wildman–Crippen LogP) is 1.99. The van der Waals surface area contributed by atoms with E-state index in [9.17, 15) is 0 Å². The molecule has 90 valence electrons. The molecule has 0 fully saturated rings. The molecular weight excluding hydrogens is 218 g/mol. The summed E-state index contributed by atoms with van der Waals surface area (Å²) in [6.07, 6.45) is 2.08. The van der Waals surface area contributed by atoms with Crippen LogP contribution >= 0.6 is 11.8 Å². The predicted molar refractivity (Wildman–Crippen MR) is 74.5 cm³/mol. The van der Waals surface area contributed by atoms with Gasteiger partial charge < -0.3 is 15.5 Å². The third kappa shape index (κ3) is 3.61. The molecule has 1 aromatic carbocycles. The van der Waals surface area contributed by atoms with Crippen molar-refractivity contribution in [3.63, 3.8) is 0 Å². The normalized spacial score (nSPS) is 10.8. The van der Waals surface area contributed by atoms with Gasteiger partial charge in [0.25, 0.3) is 0 Å². The number of anilines is 2. The van der Waals surface area contributed by atoms with Gasteiger partial charge in [-0.25, -0.2) is 0 Å². The minimum Gasteiger partial charge on any atom is -0.399 e. The van der Waals surface area contributed by atoms with E-state index in [0.717, 1.165) is 18.8 Å². The molecule has 2 N–H and O–H groups in total. The van der Waals surface area contributed by atoms with Crippen molar-refractivity contribution in [1.82, 2.24) is 4.90 Å². The molecule has 1 rings (SSSR count). The zero-order chi connectivity index (χ0) is 12.1. The highest BCUT2D eigenvalue weighted by atomic mass is 32.2. The molecule has 0 spiro atoms. The quantitative estimate of drug-likeness (QED) is 0.629. The van der Waals surface area contributed by atoms with Gasteiger partial charge in [-0.15, -0.1) is 11.8 Å². The molecule has 0 aliphatic heterocycles. The number of thioether (sulfide) groups is 1. The second-order valence-corrected chi connectivity index (χ2v) is 5.00. The van der Waals surface area contributed by atoms with Gasteiger partial charge in [0.1, 0.15) is 0 Å². The van der Waals surface area contributed by atoms with Crippen LogP contribution in [-0.4, -0.2) is 45.4 Å². The van der Waals surface area contributed by atoms with Crippen LogP contribution in [0, 0.1) is 0 Å². The average Bonchev–Trinajstić information content (AvgIpc) is 2.25. The molecule has 0 atom stereocenters. The van der Waals surface area contributed by atoms with Crippen LogP contribution < -0.4 is 10.6 Å². The van der Waals surface area contributed by atoms with Gasteiger partial charge in [-0.1, -0.05) is 0 Å². The van der Waals surface area contributed by atoms with Gasteiger partial charge in [-0.05, 0) is 38.6 Å². The Kier molecular flexibility index (Phi) is 4.96. The number of nitrogens with two attached hydrogens (primary N) is 1. The van der Waals surface area contributed by atoms with E-state index in [0.29, 0.717) is 0 Å². The molecule has 0 aliphatic carbocycles. The third-order valence-corrected chi connectivity index (χ3v) is 3.26. The molecule has 1 aromatic rings. The number of likely N-dealkylation sites (N-methyl/N-ethyl adjacent to an activating group) is 2. The SMILES string of the molecule is CSc1cc(N)ccc1N(C)CCN(C)C. The molecular formula is C12H21N3S. The fourth-order valence-corrected chi connectivity index (χ4v) is 2.17. The smallest absolute Gasteiger partial charge is 0.0503 e. The van der Waals surface area contributed by atoms with E-state index in [2.05, 4.69) is 43.3 Å². The van der Waals surface area contributed by atoms with Gasteiger partial charge in [-0.3, -0.25) is 0 Å². The molecule has 0 heterocycles. The summed E-state index contributed by atoms with van der Waals surface area (Å²) in [5.41, 5.74) is 7.87. The number of hydrogen-bond donors (Lipinski definition) is 1. The molecule has 0 aliphatic rings. The standard InChI is InChI=1S/C12H21N3S/c1-14(2)7-8-15(3)11-6-5-10(13)9-12(11)16-4/h5-6,9H,7-8,13H2,1-4H3. The first kappa shape index (κ1) is 13.2. The molecule has 0 aromatic heterocycles. The average molecular weight is 239 g/mol. The van der Waals surface area contributed by atoms with Crippen molar-refractivity contribution in [1.29, 1.82) is 0 Å². The van der Waals surface area contributed by atoms with Crippen molar-refractivity contribution >= 4 is 23.1 Å². The summed E-state index contributed by atoms with van der Waals surface area (Å²) in [6, 6.07) is 6.09. The Bertz CT molecular complexity index is 339. The summed E-state index contributed by atoms with van der Waals surface area (Å²) in [5, 5.41) is 0. The van der Waals surface area contributed by atoms with Gasteiger partial charge in [0.15, 0.2) is 0 Å². The van der Waals surface area contributed by atoms with Crippen molar-refractivity contribution in [2.24, 2.45) is 0 Å². The second-order valence-electron chi connectivity index (χ2n) is 4.16. The molecule has 0 radical (unpaired) electrons. The Labute approximate surface area is 103 Å². The highest BCUT2D eigenvalue weighted by molar-refractivity contribution is 7.98. The summed E-state index contributed by atoms with van der Waals surface area (Å²) in [5.74, 6) is 0. The lowest BCUT2D eigenvalue weighted by Crippen LogP contribution is -2.28. The fourth-order valence-electron chi connectivity index (χ4n) is 1.48. The van der Waals surface area contributed by atoms with Gasteiger partial charge >= 0.3 is 0 Å². The van der Waals surface area contributed by atoms with E-state index in [1.54, 1.807) is 11.8 Å². The first-order chi connectivity index (χ1) is 7.54. The van der Waals surface area contributed by atoms with E-state index in [-0.39, 0.29) is 0 Å². The third-order valence-electron chi connectivity index (χ3n) is 2.50. The highest BCUT2D eigenvalue weighted by Crippen LogP contribution is 2.29. The van der Waals surface area contributed by atoms with Crippen LogP contribution in [0.5, 0.6) is 0 Å². The largest absolute Gasteiger partial charge is 0.399 e. The number of rotatable bonds is 5. The van der Waals surface area contributed by atoms with Crippen LogP contribution in [0.15, 0.2) is 23.1 Å². The van der Waals surface area contributed by atoms with Gasteiger partial charge in [0.05, 0.1) is 5.69 Å². The maximum absolute atomic E-state index is 5.79. The lowest BCUT2D eigenvalue weighted by molar-refractivity contribution is 0.416. The molecule has 0 unspecified atom stereocenters. The summed E-state index contributed by atoms with van der Waals surface area (Å²) < 4.78 is 0. The zero-order valence-corrected chi connectivity index (χ0v) is 11.3. The number of hydrogen-bond acceptors (Lipinski definition) is 4. The van der Waals surface area contributed by atoms with Gasteiger partial charge in [-0.2, -0.15) is 0 Å². The van der Waals surface area contributed by atoms with E-state index in [4.69, 9.17) is 5.73 Å². The molecule has 16 heavy (non-hydrogen) atoms. The van der Waals surface area contributed by atoms with Crippen LogP contribution in [0.2, 0.25) is 0 Å². The first-order valence-corrected chi connectivity index (χ1v) is 6.56. The van der Waals surface area contributed by atoms with Gasteiger partial charge in [0, 0.05) is 30.7 Å². The molecule has 4 heteroatoms. The Hall–Kier alpha value is -0.870. The Morgan fingerprint density at radius 1 is 1.19 bits per heavy atom. The maximum atomic E-state index is 5.79.